The highest BCUT2D eigenvalue weighted by Crippen LogP contribution is 2.38. The van der Waals surface area contributed by atoms with Crippen LogP contribution in [0.2, 0.25) is 0 Å². The Balaban J connectivity index is 1.32. The minimum atomic E-state index is -1.01. The van der Waals surface area contributed by atoms with Crippen molar-refractivity contribution in [2.24, 2.45) is 0 Å². The number of rotatable bonds is 7. The van der Waals surface area contributed by atoms with Crippen molar-refractivity contribution in [1.82, 2.24) is 14.5 Å². The molecule has 2 fully saturated rings. The van der Waals surface area contributed by atoms with Gasteiger partial charge in [0.05, 0.1) is 24.2 Å². The summed E-state index contributed by atoms with van der Waals surface area (Å²) >= 11 is 0. The maximum Gasteiger partial charge on any atom is 0.338 e. The number of nitrogens with one attached hydrogen (secondary N) is 1. The maximum atomic E-state index is 12.5. The predicted molar refractivity (Wildman–Crippen MR) is 163 cm³/mol. The average molecular weight is 564 g/mol. The molecular formula is C33H33N5O4. The summed E-state index contributed by atoms with van der Waals surface area (Å²) in [6.45, 7) is 3.14. The molecule has 9 heteroatoms. The van der Waals surface area contributed by atoms with Crippen molar-refractivity contribution in [3.05, 3.63) is 78.5 Å². The number of carboxylic acid groups (broad SMARTS) is 1. The number of aromatic nitrogens is 3. The van der Waals surface area contributed by atoms with E-state index >= 15 is 0 Å². The summed E-state index contributed by atoms with van der Waals surface area (Å²) in [5.41, 5.74) is 2.66. The molecule has 0 unspecified atom stereocenters. The molecule has 214 valence electrons. The van der Waals surface area contributed by atoms with Crippen LogP contribution < -0.4 is 15.0 Å². The number of anilines is 3. The second kappa shape index (κ2) is 11.3. The van der Waals surface area contributed by atoms with Crippen molar-refractivity contribution in [2.75, 3.05) is 36.5 Å². The van der Waals surface area contributed by atoms with Gasteiger partial charge in [0, 0.05) is 42.1 Å². The molecule has 3 heterocycles. The number of nitrogens with zero attached hydrogens (tertiary/aromatic N) is 4. The van der Waals surface area contributed by atoms with Crippen LogP contribution in [0, 0.1) is 0 Å². The molecule has 7 rings (SSSR count). The van der Waals surface area contributed by atoms with Gasteiger partial charge in [-0.3, -0.25) is 0 Å². The summed E-state index contributed by atoms with van der Waals surface area (Å²) in [5, 5.41) is 16.1. The minimum Gasteiger partial charge on any atom is -0.478 e. The fraction of sp³-hybridized carbons (Fsp3) is 0.303. The largest absolute Gasteiger partial charge is 0.478 e. The summed E-state index contributed by atoms with van der Waals surface area (Å²) in [6, 6.07) is 22.3. The molecule has 42 heavy (non-hydrogen) atoms. The third-order valence-electron chi connectivity index (χ3n) is 8.31. The van der Waals surface area contributed by atoms with E-state index in [2.05, 4.69) is 22.3 Å². The van der Waals surface area contributed by atoms with Gasteiger partial charge in [-0.15, -0.1) is 0 Å². The highest BCUT2D eigenvalue weighted by atomic mass is 16.5. The van der Waals surface area contributed by atoms with Crippen LogP contribution >= 0.6 is 0 Å². The van der Waals surface area contributed by atoms with E-state index in [0.29, 0.717) is 35.8 Å². The third-order valence-corrected chi connectivity index (χ3v) is 8.31. The number of ether oxygens (including phenoxy) is 2. The fourth-order valence-electron chi connectivity index (χ4n) is 6.16. The smallest absolute Gasteiger partial charge is 0.338 e. The summed E-state index contributed by atoms with van der Waals surface area (Å²) in [6.07, 6.45) is 7.11. The highest BCUT2D eigenvalue weighted by molar-refractivity contribution is 6.07. The first-order chi connectivity index (χ1) is 20.6. The van der Waals surface area contributed by atoms with Crippen LogP contribution in [-0.4, -0.2) is 51.9 Å². The lowest BCUT2D eigenvalue weighted by atomic mass is 9.95. The summed E-state index contributed by atoms with van der Waals surface area (Å²) in [4.78, 5) is 24.4. The van der Waals surface area contributed by atoms with E-state index in [1.807, 2.05) is 59.2 Å². The molecule has 2 aliphatic rings. The van der Waals surface area contributed by atoms with Crippen LogP contribution in [0.4, 0.5) is 17.2 Å². The molecule has 0 bridgehead atoms. The molecule has 1 saturated heterocycles. The lowest BCUT2D eigenvalue weighted by Crippen LogP contribution is -2.36. The first-order valence-electron chi connectivity index (χ1n) is 14.7. The number of carboxylic acids is 1. The van der Waals surface area contributed by atoms with Gasteiger partial charge in [0.25, 0.3) is 0 Å². The second-order valence-corrected chi connectivity index (χ2v) is 11.0. The molecule has 1 aliphatic carbocycles. The van der Waals surface area contributed by atoms with E-state index in [-0.39, 0.29) is 17.6 Å². The molecule has 1 saturated carbocycles. The Bertz CT molecular complexity index is 1730. The van der Waals surface area contributed by atoms with Crippen molar-refractivity contribution in [2.45, 2.75) is 38.1 Å². The van der Waals surface area contributed by atoms with Crippen LogP contribution in [0.3, 0.4) is 0 Å². The predicted octanol–water partition coefficient (Wildman–Crippen LogP) is 7.16. The van der Waals surface area contributed by atoms with E-state index in [1.54, 1.807) is 6.20 Å². The average Bonchev–Trinajstić information content (AvgIpc) is 3.43. The summed E-state index contributed by atoms with van der Waals surface area (Å²) < 4.78 is 13.9. The standard InChI is InChI=1S/C33H33N5O4/c39-32(40)27-21-38(25-9-2-1-3-10-25)31-29(27)30(34-23-13-15-24(16-14-23)37-17-19-41-20-18-37)35-33(36-31)42-28-12-6-8-22-7-4-5-11-26(22)28/h4-8,11-16,21,25H,1-3,9-10,17-20H2,(H,39,40)(H,34,35,36). The van der Waals surface area contributed by atoms with Crippen LogP contribution in [0.1, 0.15) is 48.5 Å². The van der Waals surface area contributed by atoms with Crippen molar-refractivity contribution < 1.29 is 19.4 Å². The molecule has 9 nitrogen and oxygen atoms in total. The normalized spacial score (nSPS) is 16.1. The van der Waals surface area contributed by atoms with Gasteiger partial charge in [0.1, 0.15) is 11.6 Å². The third kappa shape index (κ3) is 5.12. The van der Waals surface area contributed by atoms with E-state index in [0.717, 1.165) is 60.9 Å². The summed E-state index contributed by atoms with van der Waals surface area (Å²) in [7, 11) is 0. The summed E-state index contributed by atoms with van der Waals surface area (Å²) in [5.74, 6) is 0.0374. The highest BCUT2D eigenvalue weighted by Gasteiger charge is 2.26. The van der Waals surface area contributed by atoms with E-state index in [4.69, 9.17) is 19.4 Å². The van der Waals surface area contributed by atoms with Crippen molar-refractivity contribution in [1.29, 1.82) is 0 Å². The Morgan fingerprint density at radius 2 is 1.69 bits per heavy atom. The maximum absolute atomic E-state index is 12.5. The van der Waals surface area contributed by atoms with Gasteiger partial charge in [-0.05, 0) is 48.6 Å². The molecule has 1 aliphatic heterocycles. The zero-order valence-electron chi connectivity index (χ0n) is 23.3. The van der Waals surface area contributed by atoms with E-state index in [1.165, 1.54) is 6.42 Å². The Hall–Kier alpha value is -4.63. The number of carbonyl (C=O) groups is 1. The quantitative estimate of drug-likeness (QED) is 0.215. The topological polar surface area (TPSA) is 102 Å². The molecule has 0 radical (unpaired) electrons. The van der Waals surface area contributed by atoms with Crippen LogP contribution in [0.25, 0.3) is 21.8 Å². The van der Waals surface area contributed by atoms with Crippen LogP contribution in [0.5, 0.6) is 11.8 Å². The van der Waals surface area contributed by atoms with Gasteiger partial charge in [0.15, 0.2) is 5.65 Å². The van der Waals surface area contributed by atoms with Gasteiger partial charge in [-0.1, -0.05) is 55.7 Å². The second-order valence-electron chi connectivity index (χ2n) is 11.0. The zero-order valence-corrected chi connectivity index (χ0v) is 23.3. The van der Waals surface area contributed by atoms with Crippen molar-refractivity contribution >= 4 is 45.0 Å². The molecule has 0 amide bonds. The lowest BCUT2D eigenvalue weighted by molar-refractivity contribution is 0.0698. The van der Waals surface area contributed by atoms with Gasteiger partial charge in [-0.25, -0.2) is 4.79 Å². The Labute approximate surface area is 243 Å². The first-order valence-corrected chi connectivity index (χ1v) is 14.7. The molecule has 5 aromatic rings. The number of aromatic carboxylic acids is 1. The van der Waals surface area contributed by atoms with Crippen molar-refractivity contribution in [3.63, 3.8) is 0 Å². The Morgan fingerprint density at radius 3 is 2.48 bits per heavy atom. The molecule has 2 N–H and O–H groups in total. The number of hydrogen-bond acceptors (Lipinski definition) is 7. The first kappa shape index (κ1) is 26.3. The van der Waals surface area contributed by atoms with Gasteiger partial charge in [-0.2, -0.15) is 9.97 Å². The minimum absolute atomic E-state index is 0.165. The van der Waals surface area contributed by atoms with Crippen LogP contribution in [-0.2, 0) is 4.74 Å². The van der Waals surface area contributed by atoms with Gasteiger partial charge < -0.3 is 29.4 Å². The Morgan fingerprint density at radius 1 is 0.929 bits per heavy atom. The number of morpholine rings is 1. The lowest BCUT2D eigenvalue weighted by Gasteiger charge is -2.28. The van der Waals surface area contributed by atoms with Gasteiger partial charge >= 0.3 is 12.0 Å². The SMILES string of the molecule is O=C(O)c1cn(C2CCCCC2)c2nc(Oc3cccc4ccccc34)nc(Nc3ccc(N4CCOCC4)cc3)c12. The van der Waals surface area contributed by atoms with Crippen LogP contribution in [0.15, 0.2) is 72.9 Å². The molecular weight excluding hydrogens is 530 g/mol. The van der Waals surface area contributed by atoms with E-state index in [9.17, 15) is 9.90 Å². The Kier molecular flexibility index (Phi) is 7.09. The fourth-order valence-corrected chi connectivity index (χ4v) is 6.16. The molecule has 3 aromatic carbocycles. The number of fused-ring (bicyclic) bond motifs is 2. The van der Waals surface area contributed by atoms with Crippen molar-refractivity contribution in [3.8, 4) is 11.8 Å². The molecule has 2 aromatic heterocycles. The zero-order chi connectivity index (χ0) is 28.5. The van der Waals surface area contributed by atoms with Gasteiger partial charge in [0.2, 0.25) is 0 Å². The van der Waals surface area contributed by atoms with E-state index < -0.39 is 5.97 Å². The molecule has 0 spiro atoms. The number of hydrogen-bond donors (Lipinski definition) is 2. The number of benzene rings is 3. The molecule has 0 atom stereocenters. The monoisotopic (exact) mass is 563 g/mol.